The van der Waals surface area contributed by atoms with Crippen LogP contribution in [0.4, 0.5) is 0 Å². The number of amides is 1. The summed E-state index contributed by atoms with van der Waals surface area (Å²) in [4.78, 5) is 46.8. The molecule has 8 nitrogen and oxygen atoms in total. The summed E-state index contributed by atoms with van der Waals surface area (Å²) in [5.74, 6) is -2.80. The maximum absolute atomic E-state index is 12.2. The molecule has 0 saturated heterocycles. The highest BCUT2D eigenvalue weighted by Gasteiger charge is 2.44. The van der Waals surface area contributed by atoms with Crippen molar-refractivity contribution in [2.45, 2.75) is 39.3 Å². The Morgan fingerprint density at radius 1 is 1.39 bits per heavy atom. The largest absolute Gasteiger partial charge is 0.453 e. The van der Waals surface area contributed by atoms with Gasteiger partial charge in [0.2, 0.25) is 6.54 Å². The topological polar surface area (TPSA) is 116 Å². The Morgan fingerprint density at radius 2 is 2.07 bits per heavy atom. The number of hydrogen-bond acceptors (Lipinski definition) is 6. The summed E-state index contributed by atoms with van der Waals surface area (Å²) in [5.41, 5.74) is 0.726. The molecule has 0 aliphatic heterocycles. The zero-order chi connectivity index (χ0) is 20.8. The molecular weight excluding hydrogens is 388 g/mol. The molecule has 0 unspecified atom stereocenters. The molecular formula is C19H23ClN2O6. The molecule has 2 rings (SSSR count). The number of Topliss-reactive ketones (excluding diaryl/α,β-unsaturated/α-hetero) is 1. The van der Waals surface area contributed by atoms with Crippen LogP contribution in [0.15, 0.2) is 24.3 Å². The molecule has 28 heavy (non-hydrogen) atoms. The van der Waals surface area contributed by atoms with E-state index in [1.165, 1.54) is 6.92 Å². The van der Waals surface area contributed by atoms with E-state index in [4.69, 9.17) is 16.3 Å². The molecule has 0 spiro atoms. The predicted octanol–water partition coefficient (Wildman–Crippen LogP) is 2.40. The second-order valence-corrected chi connectivity index (χ2v) is 7.49. The maximum atomic E-state index is 12.2. The number of rotatable bonds is 8. The molecule has 152 valence electrons. The van der Waals surface area contributed by atoms with Gasteiger partial charge in [-0.3, -0.25) is 24.5 Å². The summed E-state index contributed by atoms with van der Waals surface area (Å²) in [5, 5.41) is 14.0. The van der Waals surface area contributed by atoms with Crippen molar-refractivity contribution in [2.75, 3.05) is 6.54 Å². The lowest BCUT2D eigenvalue weighted by molar-refractivity contribution is -0.490. The van der Waals surface area contributed by atoms with Crippen molar-refractivity contribution in [3.63, 3.8) is 0 Å². The number of nitrogens with zero attached hydrogens (tertiary/aromatic N) is 1. The number of carbonyl (C=O) groups excluding carboxylic acids is 3. The van der Waals surface area contributed by atoms with Crippen LogP contribution in [0.5, 0.6) is 0 Å². The van der Waals surface area contributed by atoms with E-state index in [0.717, 1.165) is 5.56 Å². The zero-order valence-electron chi connectivity index (χ0n) is 15.7. The lowest BCUT2D eigenvalue weighted by Gasteiger charge is -2.18. The lowest BCUT2D eigenvalue weighted by Crippen LogP contribution is -2.36. The number of esters is 1. The predicted molar refractivity (Wildman–Crippen MR) is 101 cm³/mol. The first-order valence-corrected chi connectivity index (χ1v) is 9.42. The summed E-state index contributed by atoms with van der Waals surface area (Å²) in [6.07, 6.45) is -1.10. The summed E-state index contributed by atoms with van der Waals surface area (Å²) in [6, 6.07) is 7.03. The van der Waals surface area contributed by atoms with E-state index >= 15 is 0 Å². The molecule has 4 atom stereocenters. The highest BCUT2D eigenvalue weighted by molar-refractivity contribution is 6.31. The van der Waals surface area contributed by atoms with E-state index in [-0.39, 0.29) is 37.6 Å². The van der Waals surface area contributed by atoms with Crippen molar-refractivity contribution in [1.29, 1.82) is 0 Å². The fraction of sp³-hybridized carbons (Fsp3) is 0.526. The fourth-order valence-electron chi connectivity index (χ4n) is 3.45. The number of hydrogen-bond donors (Lipinski definition) is 1. The summed E-state index contributed by atoms with van der Waals surface area (Å²) >= 11 is 6.03. The Labute approximate surface area is 167 Å². The van der Waals surface area contributed by atoms with Crippen molar-refractivity contribution >= 4 is 29.3 Å². The first-order chi connectivity index (χ1) is 13.2. The molecule has 1 aromatic carbocycles. The molecule has 0 radical (unpaired) electrons. The number of halogens is 1. The molecule has 1 saturated carbocycles. The standard InChI is InChI=1S/C19H23ClN2O6/c1-11-7-17(23)14(15(11)10-22(26)27)8-18(24)28-12(2)19(25)21-9-13-5-3-4-6-16(13)20/h3-6,11-12,14-15H,7-10H2,1-2H3,(H,21,25)/t11-,12+,14+,15-/m1/s1. The van der Waals surface area contributed by atoms with Crippen molar-refractivity contribution in [2.24, 2.45) is 17.8 Å². The van der Waals surface area contributed by atoms with Crippen LogP contribution in [0.25, 0.3) is 0 Å². The number of ether oxygens (including phenoxy) is 1. The van der Waals surface area contributed by atoms with Crippen molar-refractivity contribution in [3.8, 4) is 0 Å². The molecule has 0 aromatic heterocycles. The van der Waals surface area contributed by atoms with Crippen molar-refractivity contribution < 1.29 is 24.0 Å². The van der Waals surface area contributed by atoms with Gasteiger partial charge in [0.05, 0.1) is 6.42 Å². The molecule has 1 N–H and O–H groups in total. The highest BCUT2D eigenvalue weighted by atomic mass is 35.5. The number of nitro groups is 1. The van der Waals surface area contributed by atoms with Crippen LogP contribution >= 0.6 is 11.6 Å². The minimum atomic E-state index is -1.06. The summed E-state index contributed by atoms with van der Waals surface area (Å²) in [6.45, 7) is 3.01. The van der Waals surface area contributed by atoms with Gasteiger partial charge in [0, 0.05) is 34.7 Å². The Morgan fingerprint density at radius 3 is 2.71 bits per heavy atom. The quantitative estimate of drug-likeness (QED) is 0.399. The van der Waals surface area contributed by atoms with Crippen LogP contribution in [-0.2, 0) is 25.7 Å². The third-order valence-electron chi connectivity index (χ3n) is 5.02. The number of ketones is 1. The van der Waals surface area contributed by atoms with Crippen LogP contribution in [0, 0.1) is 27.9 Å². The van der Waals surface area contributed by atoms with E-state index in [2.05, 4.69) is 5.32 Å². The zero-order valence-corrected chi connectivity index (χ0v) is 16.5. The number of carbonyl (C=O) groups is 3. The molecule has 9 heteroatoms. The van der Waals surface area contributed by atoms with E-state index in [0.29, 0.717) is 5.02 Å². The van der Waals surface area contributed by atoms with Crippen LogP contribution < -0.4 is 5.32 Å². The Kier molecular flexibility index (Phi) is 7.51. The summed E-state index contributed by atoms with van der Waals surface area (Å²) < 4.78 is 5.12. The van der Waals surface area contributed by atoms with Gasteiger partial charge in [0.25, 0.3) is 5.91 Å². The molecule has 1 aliphatic rings. The monoisotopic (exact) mass is 410 g/mol. The van der Waals surface area contributed by atoms with Crippen LogP contribution in [0.1, 0.15) is 32.3 Å². The second kappa shape index (κ2) is 9.64. The van der Waals surface area contributed by atoms with Crippen LogP contribution in [-0.4, -0.2) is 35.2 Å². The molecule has 0 heterocycles. The van der Waals surface area contributed by atoms with Crippen LogP contribution in [0.3, 0.4) is 0 Å². The normalized spacial score (nSPS) is 22.5. The first kappa shape index (κ1) is 21.8. The molecule has 1 amide bonds. The van der Waals surface area contributed by atoms with Gasteiger partial charge in [0.1, 0.15) is 5.78 Å². The Bertz CT molecular complexity index is 769. The van der Waals surface area contributed by atoms with Gasteiger partial charge >= 0.3 is 5.97 Å². The first-order valence-electron chi connectivity index (χ1n) is 9.04. The Balaban J connectivity index is 1.87. The smallest absolute Gasteiger partial charge is 0.307 e. The van der Waals surface area contributed by atoms with Gasteiger partial charge in [-0.25, -0.2) is 0 Å². The molecule has 1 fully saturated rings. The average Bonchev–Trinajstić information content (AvgIpc) is 2.87. The third kappa shape index (κ3) is 5.76. The van der Waals surface area contributed by atoms with Crippen LogP contribution in [0.2, 0.25) is 5.02 Å². The summed E-state index contributed by atoms with van der Waals surface area (Å²) in [7, 11) is 0. The van der Waals surface area contributed by atoms with Gasteiger partial charge in [-0.05, 0) is 24.5 Å². The molecule has 1 aliphatic carbocycles. The highest BCUT2D eigenvalue weighted by Crippen LogP contribution is 2.36. The van der Waals surface area contributed by atoms with Gasteiger partial charge in [-0.2, -0.15) is 0 Å². The fourth-order valence-corrected chi connectivity index (χ4v) is 3.65. The second-order valence-electron chi connectivity index (χ2n) is 7.08. The van der Waals surface area contributed by atoms with Gasteiger partial charge in [-0.1, -0.05) is 36.7 Å². The third-order valence-corrected chi connectivity index (χ3v) is 5.39. The van der Waals surface area contributed by atoms with E-state index in [1.807, 2.05) is 0 Å². The van der Waals surface area contributed by atoms with Crippen molar-refractivity contribution in [1.82, 2.24) is 5.32 Å². The molecule has 0 bridgehead atoms. The maximum Gasteiger partial charge on any atom is 0.307 e. The van der Waals surface area contributed by atoms with E-state index < -0.39 is 34.7 Å². The lowest BCUT2D eigenvalue weighted by atomic mass is 9.88. The van der Waals surface area contributed by atoms with Gasteiger partial charge < -0.3 is 10.1 Å². The Hall–Kier alpha value is -2.48. The van der Waals surface area contributed by atoms with E-state index in [9.17, 15) is 24.5 Å². The van der Waals surface area contributed by atoms with Crippen molar-refractivity contribution in [3.05, 3.63) is 45.0 Å². The van der Waals surface area contributed by atoms with E-state index in [1.54, 1.807) is 31.2 Å². The average molecular weight is 411 g/mol. The number of nitrogens with one attached hydrogen (secondary N) is 1. The molecule has 1 aromatic rings. The van der Waals surface area contributed by atoms with Gasteiger partial charge in [0.15, 0.2) is 6.10 Å². The van der Waals surface area contributed by atoms with Gasteiger partial charge in [-0.15, -0.1) is 0 Å². The minimum absolute atomic E-state index is 0.160. The number of benzene rings is 1. The minimum Gasteiger partial charge on any atom is -0.453 e. The SMILES string of the molecule is C[C@H](OC(=O)C[C@@H]1C(=O)C[C@@H](C)[C@H]1C[N+](=O)[O-])C(=O)NCc1ccccc1Cl.